The highest BCUT2D eigenvalue weighted by atomic mass is 16.5. The smallest absolute Gasteiger partial charge is 0.332 e. The Morgan fingerprint density at radius 2 is 1.81 bits per heavy atom. The van der Waals surface area contributed by atoms with Crippen molar-refractivity contribution in [3.63, 3.8) is 0 Å². The Balaban J connectivity index is 2.49. The average Bonchev–Trinajstić information content (AvgIpc) is 2.92. The van der Waals surface area contributed by atoms with Crippen LogP contribution in [0.2, 0.25) is 0 Å². The maximum absolute atomic E-state index is 12.1. The molecule has 0 radical (unpaired) electrons. The third-order valence-corrected chi connectivity index (χ3v) is 4.33. The lowest BCUT2D eigenvalue weighted by Crippen LogP contribution is -2.47. The molecule has 0 aliphatic carbocycles. The second-order valence-electron chi connectivity index (χ2n) is 5.88. The Morgan fingerprint density at radius 3 is 2.24 bits per heavy atom. The van der Waals surface area contributed by atoms with E-state index in [0.29, 0.717) is 25.3 Å². The van der Waals surface area contributed by atoms with Crippen LogP contribution in [-0.2, 0) is 14.3 Å². The van der Waals surface area contributed by atoms with E-state index < -0.39 is 18.2 Å². The second-order valence-corrected chi connectivity index (χ2v) is 5.88. The normalized spacial score (nSPS) is 23.5. The Hall–Kier alpha value is -1.14. The monoisotopic (exact) mass is 300 g/mol. The summed E-state index contributed by atoms with van der Waals surface area (Å²) < 4.78 is 5.27. The lowest BCUT2D eigenvalue weighted by molar-refractivity contribution is -0.151. The molecule has 0 aromatic heterocycles. The molecule has 1 fully saturated rings. The molecule has 1 aliphatic rings. The van der Waals surface area contributed by atoms with Gasteiger partial charge in [0, 0.05) is 12.6 Å². The van der Waals surface area contributed by atoms with Crippen LogP contribution < -0.4 is 5.32 Å². The van der Waals surface area contributed by atoms with E-state index in [2.05, 4.69) is 24.1 Å². The van der Waals surface area contributed by atoms with Crippen molar-refractivity contribution in [2.75, 3.05) is 20.6 Å². The summed E-state index contributed by atoms with van der Waals surface area (Å²) in [6.07, 6.45) is 1.53. The number of aliphatic carboxylic acids is 1. The number of likely N-dealkylation sites (N-methyl/N-ethyl adjacent to an activating group) is 1. The number of hydrogen-bond donors (Lipinski definition) is 2. The van der Waals surface area contributed by atoms with Gasteiger partial charge in [-0.05, 0) is 32.9 Å². The lowest BCUT2D eigenvalue weighted by Gasteiger charge is -2.31. The standard InChI is InChI=1S/C15H28N2O4/c1-5-10(6-2)11(17(3)4)9-16-14(18)12-7-8-13(21-12)15(19)20/h10-13H,5-9H2,1-4H3,(H,16,18)(H,19,20). The highest BCUT2D eigenvalue weighted by Gasteiger charge is 2.35. The predicted molar refractivity (Wildman–Crippen MR) is 80.1 cm³/mol. The summed E-state index contributed by atoms with van der Waals surface area (Å²) in [5.41, 5.74) is 0. The summed E-state index contributed by atoms with van der Waals surface area (Å²) in [4.78, 5) is 25.1. The van der Waals surface area contributed by atoms with Gasteiger partial charge in [0.1, 0.15) is 6.10 Å². The SMILES string of the molecule is CCC(CC)C(CNC(=O)C1CCC(C(=O)O)O1)N(C)C. The quantitative estimate of drug-likeness (QED) is 0.702. The molecule has 1 heterocycles. The molecule has 1 aliphatic heterocycles. The average molecular weight is 300 g/mol. The highest BCUT2D eigenvalue weighted by Crippen LogP contribution is 2.20. The van der Waals surface area contributed by atoms with Crippen LogP contribution in [0.3, 0.4) is 0 Å². The number of ether oxygens (including phenoxy) is 1. The lowest BCUT2D eigenvalue weighted by atomic mass is 9.93. The Labute approximate surface area is 126 Å². The van der Waals surface area contributed by atoms with Crippen molar-refractivity contribution in [1.82, 2.24) is 10.2 Å². The van der Waals surface area contributed by atoms with E-state index in [0.717, 1.165) is 12.8 Å². The molecule has 2 N–H and O–H groups in total. The minimum atomic E-state index is -0.992. The van der Waals surface area contributed by atoms with Crippen LogP contribution in [0, 0.1) is 5.92 Å². The fourth-order valence-electron chi connectivity index (χ4n) is 2.93. The van der Waals surface area contributed by atoms with E-state index in [1.807, 2.05) is 14.1 Å². The third-order valence-electron chi connectivity index (χ3n) is 4.33. The van der Waals surface area contributed by atoms with Crippen LogP contribution in [0.4, 0.5) is 0 Å². The summed E-state index contributed by atoms with van der Waals surface area (Å²) >= 11 is 0. The summed E-state index contributed by atoms with van der Waals surface area (Å²) in [5.74, 6) is -0.665. The molecule has 3 unspecified atom stereocenters. The number of rotatable bonds is 8. The summed E-state index contributed by atoms with van der Waals surface area (Å²) in [7, 11) is 4.03. The molecule has 0 bridgehead atoms. The molecule has 21 heavy (non-hydrogen) atoms. The van der Waals surface area contributed by atoms with Gasteiger partial charge < -0.3 is 20.1 Å². The molecule has 0 spiro atoms. The first-order valence-electron chi connectivity index (χ1n) is 7.73. The van der Waals surface area contributed by atoms with Gasteiger partial charge in [-0.15, -0.1) is 0 Å². The topological polar surface area (TPSA) is 78.9 Å². The first-order valence-corrected chi connectivity index (χ1v) is 7.73. The number of carbonyl (C=O) groups excluding carboxylic acids is 1. The van der Waals surface area contributed by atoms with Gasteiger partial charge in [0.15, 0.2) is 6.10 Å². The summed E-state index contributed by atoms with van der Waals surface area (Å²) in [6.45, 7) is 4.88. The van der Waals surface area contributed by atoms with Gasteiger partial charge in [-0.1, -0.05) is 26.7 Å². The predicted octanol–water partition coefficient (Wildman–Crippen LogP) is 1.10. The molecule has 1 saturated heterocycles. The number of nitrogens with one attached hydrogen (secondary N) is 1. The van der Waals surface area contributed by atoms with Crippen molar-refractivity contribution >= 4 is 11.9 Å². The van der Waals surface area contributed by atoms with Gasteiger partial charge in [0.2, 0.25) is 5.91 Å². The van der Waals surface area contributed by atoms with E-state index in [9.17, 15) is 9.59 Å². The Morgan fingerprint density at radius 1 is 1.24 bits per heavy atom. The van der Waals surface area contributed by atoms with E-state index in [1.165, 1.54) is 0 Å². The molecule has 1 rings (SSSR count). The molecule has 6 heteroatoms. The first-order chi connectivity index (χ1) is 9.90. The van der Waals surface area contributed by atoms with Crippen LogP contribution in [0.15, 0.2) is 0 Å². The Bertz CT molecular complexity index is 356. The molecular formula is C15H28N2O4. The van der Waals surface area contributed by atoms with Crippen LogP contribution in [-0.4, -0.2) is 60.8 Å². The minimum absolute atomic E-state index is 0.198. The molecule has 0 aromatic carbocycles. The van der Waals surface area contributed by atoms with Crippen LogP contribution in [0.25, 0.3) is 0 Å². The summed E-state index contributed by atoms with van der Waals surface area (Å²) in [5, 5.41) is 11.8. The van der Waals surface area contributed by atoms with E-state index >= 15 is 0 Å². The maximum Gasteiger partial charge on any atom is 0.332 e. The fraction of sp³-hybridized carbons (Fsp3) is 0.867. The number of carboxylic acids is 1. The summed E-state index contributed by atoms with van der Waals surface area (Å²) in [6, 6.07) is 0.278. The van der Waals surface area contributed by atoms with Gasteiger partial charge in [0.25, 0.3) is 0 Å². The van der Waals surface area contributed by atoms with Crippen LogP contribution in [0.1, 0.15) is 39.5 Å². The highest BCUT2D eigenvalue weighted by molar-refractivity contribution is 5.82. The largest absolute Gasteiger partial charge is 0.479 e. The zero-order chi connectivity index (χ0) is 16.0. The molecule has 6 nitrogen and oxygen atoms in total. The van der Waals surface area contributed by atoms with Crippen LogP contribution >= 0.6 is 0 Å². The van der Waals surface area contributed by atoms with E-state index in [1.54, 1.807) is 0 Å². The molecule has 0 aromatic rings. The maximum atomic E-state index is 12.1. The van der Waals surface area contributed by atoms with Crippen molar-refractivity contribution in [2.24, 2.45) is 5.92 Å². The first kappa shape index (κ1) is 17.9. The van der Waals surface area contributed by atoms with Gasteiger partial charge in [-0.25, -0.2) is 4.79 Å². The molecular weight excluding hydrogens is 272 g/mol. The van der Waals surface area contributed by atoms with Crippen molar-refractivity contribution in [2.45, 2.75) is 57.8 Å². The zero-order valence-corrected chi connectivity index (χ0v) is 13.5. The van der Waals surface area contributed by atoms with Crippen molar-refractivity contribution < 1.29 is 19.4 Å². The van der Waals surface area contributed by atoms with Gasteiger partial charge in [-0.2, -0.15) is 0 Å². The van der Waals surface area contributed by atoms with E-state index in [-0.39, 0.29) is 11.9 Å². The van der Waals surface area contributed by atoms with Gasteiger partial charge in [0.05, 0.1) is 0 Å². The molecule has 1 amide bonds. The van der Waals surface area contributed by atoms with Gasteiger partial charge >= 0.3 is 5.97 Å². The fourth-order valence-corrected chi connectivity index (χ4v) is 2.93. The van der Waals surface area contributed by atoms with Gasteiger partial charge in [-0.3, -0.25) is 4.79 Å². The minimum Gasteiger partial charge on any atom is -0.479 e. The number of carboxylic acid groups (broad SMARTS) is 1. The molecule has 0 saturated carbocycles. The molecule has 122 valence electrons. The molecule has 3 atom stereocenters. The zero-order valence-electron chi connectivity index (χ0n) is 13.5. The third kappa shape index (κ3) is 4.97. The van der Waals surface area contributed by atoms with Crippen LogP contribution in [0.5, 0.6) is 0 Å². The Kier molecular flexibility index (Phi) is 7.11. The van der Waals surface area contributed by atoms with Crippen molar-refractivity contribution in [3.8, 4) is 0 Å². The number of carbonyl (C=O) groups is 2. The number of amides is 1. The number of nitrogens with zero attached hydrogens (tertiary/aromatic N) is 1. The van der Waals surface area contributed by atoms with Crippen molar-refractivity contribution in [3.05, 3.63) is 0 Å². The van der Waals surface area contributed by atoms with E-state index in [4.69, 9.17) is 9.84 Å². The second kappa shape index (κ2) is 8.34. The number of hydrogen-bond acceptors (Lipinski definition) is 4. The van der Waals surface area contributed by atoms with Crippen molar-refractivity contribution in [1.29, 1.82) is 0 Å².